The topological polar surface area (TPSA) is 86.2 Å². The fraction of sp³-hybridized carbons (Fsp3) is 0.0741. The van der Waals surface area contributed by atoms with Crippen molar-refractivity contribution in [2.75, 3.05) is 13.7 Å². The predicted molar refractivity (Wildman–Crippen MR) is 137 cm³/mol. The molecule has 35 heavy (non-hydrogen) atoms. The normalized spacial score (nSPS) is 10.8. The van der Waals surface area contributed by atoms with Crippen molar-refractivity contribution < 1.29 is 23.8 Å². The second-order valence-corrected chi connectivity index (χ2v) is 8.28. The Kier molecular flexibility index (Phi) is 7.74. The lowest BCUT2D eigenvalue weighted by Crippen LogP contribution is -2.24. The first-order valence-electron chi connectivity index (χ1n) is 10.6. The largest absolute Gasteiger partial charge is 0.493 e. The second-order valence-electron chi connectivity index (χ2n) is 7.37. The van der Waals surface area contributed by atoms with Gasteiger partial charge in [0.1, 0.15) is 5.75 Å². The highest BCUT2D eigenvalue weighted by Crippen LogP contribution is 2.29. The van der Waals surface area contributed by atoms with E-state index in [1.807, 2.05) is 48.5 Å². The van der Waals surface area contributed by atoms with Gasteiger partial charge in [0.15, 0.2) is 18.1 Å². The van der Waals surface area contributed by atoms with Crippen LogP contribution in [0.5, 0.6) is 17.2 Å². The molecule has 1 N–H and O–H groups in total. The number of carbonyl (C=O) groups is 2. The number of carbonyl (C=O) groups excluding carboxylic acids is 2. The van der Waals surface area contributed by atoms with Crippen LogP contribution in [0.3, 0.4) is 0 Å². The van der Waals surface area contributed by atoms with E-state index in [0.717, 1.165) is 15.2 Å². The predicted octanol–water partition coefficient (Wildman–Crippen LogP) is 5.36. The summed E-state index contributed by atoms with van der Waals surface area (Å²) in [4.78, 5) is 24.6. The highest BCUT2D eigenvalue weighted by molar-refractivity contribution is 9.10. The zero-order valence-corrected chi connectivity index (χ0v) is 20.3. The lowest BCUT2D eigenvalue weighted by molar-refractivity contribution is -0.123. The van der Waals surface area contributed by atoms with E-state index in [1.54, 1.807) is 36.4 Å². The number of esters is 1. The van der Waals surface area contributed by atoms with Crippen LogP contribution in [0.15, 0.2) is 94.5 Å². The quantitative estimate of drug-likeness (QED) is 0.143. The Bertz CT molecular complexity index is 1400. The lowest BCUT2D eigenvalue weighted by atomic mass is 10.1. The molecule has 0 saturated carbocycles. The van der Waals surface area contributed by atoms with Gasteiger partial charge in [0.25, 0.3) is 5.91 Å². The number of hydrogen-bond donors (Lipinski definition) is 1. The van der Waals surface area contributed by atoms with Gasteiger partial charge in [-0.1, -0.05) is 58.4 Å². The van der Waals surface area contributed by atoms with E-state index in [4.69, 9.17) is 14.2 Å². The maximum Gasteiger partial charge on any atom is 0.343 e. The molecule has 0 aromatic heterocycles. The number of hydrazone groups is 1. The smallest absolute Gasteiger partial charge is 0.343 e. The van der Waals surface area contributed by atoms with E-state index in [-0.39, 0.29) is 12.4 Å². The van der Waals surface area contributed by atoms with Gasteiger partial charge in [0, 0.05) is 9.86 Å². The number of methoxy groups -OCH3 is 1. The standard InChI is InChI=1S/C27H21BrN2O5/c1-33-25-14-18(12-13-24(25)35-27(32)20-8-4-9-21(28)15-20)16-29-30-26(31)17-34-23-11-5-7-19-6-2-3-10-22(19)23/h2-16H,17H2,1H3,(H,30,31). The number of hydrogen-bond acceptors (Lipinski definition) is 6. The molecular formula is C27H21BrN2O5. The van der Waals surface area contributed by atoms with Gasteiger partial charge in [0.05, 0.1) is 18.9 Å². The van der Waals surface area contributed by atoms with Crippen LogP contribution in [0.2, 0.25) is 0 Å². The number of rotatable bonds is 8. The SMILES string of the molecule is COc1cc(C=NNC(=O)COc2cccc3ccccc23)ccc1OC(=O)c1cccc(Br)c1. The maximum atomic E-state index is 12.4. The number of halogens is 1. The van der Waals surface area contributed by atoms with Gasteiger partial charge in [-0.05, 0) is 53.4 Å². The molecule has 0 heterocycles. The minimum atomic E-state index is -0.510. The Morgan fingerprint density at radius 2 is 1.71 bits per heavy atom. The minimum Gasteiger partial charge on any atom is -0.493 e. The molecular weight excluding hydrogens is 512 g/mol. The summed E-state index contributed by atoms with van der Waals surface area (Å²) in [5.41, 5.74) is 3.48. The number of nitrogens with zero attached hydrogens (tertiary/aromatic N) is 1. The third-order valence-electron chi connectivity index (χ3n) is 4.96. The van der Waals surface area contributed by atoms with Gasteiger partial charge in [-0.2, -0.15) is 5.10 Å². The molecule has 0 spiro atoms. The highest BCUT2D eigenvalue weighted by atomic mass is 79.9. The average molecular weight is 533 g/mol. The number of nitrogens with one attached hydrogen (secondary N) is 1. The van der Waals surface area contributed by atoms with Crippen molar-refractivity contribution in [3.63, 3.8) is 0 Å². The molecule has 0 aliphatic rings. The van der Waals surface area contributed by atoms with Crippen molar-refractivity contribution in [1.82, 2.24) is 5.43 Å². The van der Waals surface area contributed by atoms with E-state index in [1.165, 1.54) is 13.3 Å². The van der Waals surface area contributed by atoms with Crippen LogP contribution >= 0.6 is 15.9 Å². The fourth-order valence-corrected chi connectivity index (χ4v) is 3.70. The summed E-state index contributed by atoms with van der Waals surface area (Å²) in [6, 6.07) is 25.3. The lowest BCUT2D eigenvalue weighted by Gasteiger charge is -2.10. The van der Waals surface area contributed by atoms with Gasteiger partial charge in [-0.3, -0.25) is 4.79 Å². The van der Waals surface area contributed by atoms with Crippen molar-refractivity contribution in [3.05, 3.63) is 101 Å². The second kappa shape index (κ2) is 11.3. The van der Waals surface area contributed by atoms with Crippen LogP contribution in [0.1, 0.15) is 15.9 Å². The Morgan fingerprint density at radius 3 is 2.54 bits per heavy atom. The first kappa shape index (κ1) is 24.0. The van der Waals surface area contributed by atoms with E-state index in [9.17, 15) is 9.59 Å². The van der Waals surface area contributed by atoms with Gasteiger partial charge < -0.3 is 14.2 Å². The summed E-state index contributed by atoms with van der Waals surface area (Å²) in [6.07, 6.45) is 1.46. The monoisotopic (exact) mass is 532 g/mol. The fourth-order valence-electron chi connectivity index (χ4n) is 3.30. The van der Waals surface area contributed by atoms with Crippen LogP contribution in [0, 0.1) is 0 Å². The molecule has 0 aliphatic heterocycles. The molecule has 0 saturated heterocycles. The molecule has 0 atom stereocenters. The van der Waals surface area contributed by atoms with Crippen LogP contribution < -0.4 is 19.6 Å². The zero-order valence-electron chi connectivity index (χ0n) is 18.7. The molecule has 4 rings (SSSR count). The highest BCUT2D eigenvalue weighted by Gasteiger charge is 2.13. The van der Waals surface area contributed by atoms with Crippen LogP contribution in [0.25, 0.3) is 10.8 Å². The molecule has 0 fully saturated rings. The first-order chi connectivity index (χ1) is 17.0. The Hall–Kier alpha value is -4.17. The minimum absolute atomic E-state index is 0.181. The van der Waals surface area contributed by atoms with Crippen LogP contribution in [-0.2, 0) is 4.79 Å². The molecule has 8 heteroatoms. The van der Waals surface area contributed by atoms with Crippen molar-refractivity contribution >= 4 is 44.8 Å². The summed E-state index contributed by atoms with van der Waals surface area (Å²) < 4.78 is 17.2. The number of benzene rings is 4. The Balaban J connectivity index is 1.34. The molecule has 0 aliphatic carbocycles. The average Bonchev–Trinajstić information content (AvgIpc) is 2.88. The van der Waals surface area contributed by atoms with E-state index >= 15 is 0 Å². The molecule has 1 amide bonds. The van der Waals surface area contributed by atoms with Gasteiger partial charge in [-0.25, -0.2) is 10.2 Å². The van der Waals surface area contributed by atoms with E-state index in [2.05, 4.69) is 26.5 Å². The van der Waals surface area contributed by atoms with Crippen LogP contribution in [-0.4, -0.2) is 31.8 Å². The summed E-state index contributed by atoms with van der Waals surface area (Å²) in [5, 5.41) is 5.93. The number of amides is 1. The van der Waals surface area contributed by atoms with Gasteiger partial charge in [-0.15, -0.1) is 0 Å². The van der Waals surface area contributed by atoms with Crippen LogP contribution in [0.4, 0.5) is 0 Å². The zero-order chi connectivity index (χ0) is 24.6. The van der Waals surface area contributed by atoms with Gasteiger partial charge >= 0.3 is 5.97 Å². The van der Waals surface area contributed by atoms with Crippen molar-refractivity contribution in [2.45, 2.75) is 0 Å². The summed E-state index contributed by atoms with van der Waals surface area (Å²) in [7, 11) is 1.47. The molecule has 176 valence electrons. The third-order valence-corrected chi connectivity index (χ3v) is 5.46. The third kappa shape index (κ3) is 6.24. The van der Waals surface area contributed by atoms with Crippen molar-refractivity contribution in [3.8, 4) is 17.2 Å². The van der Waals surface area contributed by atoms with Crippen molar-refractivity contribution in [2.24, 2.45) is 5.10 Å². The Morgan fingerprint density at radius 1 is 0.914 bits per heavy atom. The summed E-state index contributed by atoms with van der Waals surface area (Å²) >= 11 is 3.33. The maximum absolute atomic E-state index is 12.4. The number of ether oxygens (including phenoxy) is 3. The molecule has 4 aromatic carbocycles. The number of fused-ring (bicyclic) bond motifs is 1. The molecule has 0 unspecified atom stereocenters. The Labute approximate surface area is 210 Å². The van der Waals surface area contributed by atoms with E-state index in [0.29, 0.717) is 22.6 Å². The first-order valence-corrected chi connectivity index (χ1v) is 11.4. The summed E-state index contributed by atoms with van der Waals surface area (Å²) in [5.74, 6) is 0.329. The molecule has 4 aromatic rings. The summed E-state index contributed by atoms with van der Waals surface area (Å²) in [6.45, 7) is -0.181. The van der Waals surface area contributed by atoms with Crippen molar-refractivity contribution in [1.29, 1.82) is 0 Å². The van der Waals surface area contributed by atoms with Gasteiger partial charge in [0.2, 0.25) is 0 Å². The molecule has 0 radical (unpaired) electrons. The molecule has 0 bridgehead atoms. The van der Waals surface area contributed by atoms with E-state index < -0.39 is 11.9 Å². The molecule has 7 nitrogen and oxygen atoms in total.